The third-order valence-corrected chi connectivity index (χ3v) is 3.17. The van der Waals surface area contributed by atoms with Gasteiger partial charge in [0.05, 0.1) is 17.0 Å². The van der Waals surface area contributed by atoms with Crippen LogP contribution in [-0.4, -0.2) is 16.3 Å². The number of nitrogens with zero attached hydrogens (tertiary/aromatic N) is 1. The topological polar surface area (TPSA) is 42.2 Å². The van der Waals surface area contributed by atoms with Crippen LogP contribution in [0.15, 0.2) is 29.1 Å². The molecule has 4 heteroatoms. The summed E-state index contributed by atoms with van der Waals surface area (Å²) in [4.78, 5) is 12.3. The number of benzene rings is 1. The zero-order chi connectivity index (χ0) is 12.4. The summed E-state index contributed by atoms with van der Waals surface area (Å²) in [7, 11) is 0. The summed E-state index contributed by atoms with van der Waals surface area (Å²) in [6.07, 6.45) is 0.748. The van der Waals surface area contributed by atoms with Crippen molar-refractivity contribution in [2.24, 2.45) is 0 Å². The average molecular weight is 252 g/mol. The van der Waals surface area contributed by atoms with Crippen LogP contribution in [0.2, 0.25) is 5.02 Å². The van der Waals surface area contributed by atoms with E-state index < -0.39 is 0 Å². The quantitative estimate of drug-likeness (QED) is 0.909. The molecule has 3 nitrogen and oxygen atoms in total. The van der Waals surface area contributed by atoms with E-state index in [-0.39, 0.29) is 12.2 Å². The molecule has 2 rings (SSSR count). The van der Waals surface area contributed by atoms with Gasteiger partial charge in [-0.3, -0.25) is 4.79 Å². The Labute approximate surface area is 104 Å². The second-order valence-electron chi connectivity index (χ2n) is 3.87. The Kier molecular flexibility index (Phi) is 3.50. The van der Waals surface area contributed by atoms with Gasteiger partial charge in [-0.05, 0) is 23.9 Å². The molecule has 1 heterocycles. The van der Waals surface area contributed by atoms with E-state index in [0.717, 1.165) is 17.5 Å². The summed E-state index contributed by atoms with van der Waals surface area (Å²) in [5, 5.41) is 10.9. The normalized spacial score (nSPS) is 11.0. The lowest BCUT2D eigenvalue weighted by Crippen LogP contribution is -2.25. The van der Waals surface area contributed by atoms with Crippen molar-refractivity contribution in [1.29, 1.82) is 0 Å². The lowest BCUT2D eigenvalue weighted by atomic mass is 10.1. The second-order valence-corrected chi connectivity index (χ2v) is 4.28. The molecule has 0 spiro atoms. The number of aliphatic hydroxyl groups is 1. The van der Waals surface area contributed by atoms with Crippen molar-refractivity contribution >= 4 is 22.4 Å². The van der Waals surface area contributed by atoms with Crippen LogP contribution >= 0.6 is 11.6 Å². The van der Waals surface area contributed by atoms with Gasteiger partial charge in [-0.2, -0.15) is 0 Å². The summed E-state index contributed by atoms with van der Waals surface area (Å²) in [6.45, 7) is 2.24. The molecule has 90 valence electrons. The lowest BCUT2D eigenvalue weighted by molar-refractivity contribution is 0.273. The molecular weight excluding hydrogens is 238 g/mol. The van der Waals surface area contributed by atoms with Crippen LogP contribution in [0.4, 0.5) is 0 Å². The molecule has 0 amide bonds. The van der Waals surface area contributed by atoms with Crippen LogP contribution in [0, 0.1) is 0 Å². The molecule has 0 unspecified atom stereocenters. The number of aliphatic hydroxyl groups excluding tert-OH is 1. The Balaban J connectivity index is 2.84. The van der Waals surface area contributed by atoms with Crippen LogP contribution in [-0.2, 0) is 13.0 Å². The monoisotopic (exact) mass is 251 g/mol. The van der Waals surface area contributed by atoms with Crippen LogP contribution in [0.1, 0.15) is 12.6 Å². The van der Waals surface area contributed by atoms with Crippen molar-refractivity contribution in [2.75, 3.05) is 6.61 Å². The van der Waals surface area contributed by atoms with E-state index in [9.17, 15) is 4.79 Å². The Morgan fingerprint density at radius 1 is 1.41 bits per heavy atom. The van der Waals surface area contributed by atoms with Gasteiger partial charge in [0.2, 0.25) is 0 Å². The molecule has 1 aromatic heterocycles. The number of halogens is 1. The maximum Gasteiger partial charge on any atom is 0.260 e. The van der Waals surface area contributed by atoms with Crippen molar-refractivity contribution < 1.29 is 5.11 Å². The Morgan fingerprint density at radius 3 is 2.82 bits per heavy atom. The maximum atomic E-state index is 12.3. The van der Waals surface area contributed by atoms with E-state index >= 15 is 0 Å². The van der Waals surface area contributed by atoms with Gasteiger partial charge in [-0.25, -0.2) is 0 Å². The minimum atomic E-state index is -0.126. The second kappa shape index (κ2) is 4.90. The average Bonchev–Trinajstić information content (AvgIpc) is 2.32. The largest absolute Gasteiger partial charge is 0.395 e. The van der Waals surface area contributed by atoms with Crippen molar-refractivity contribution in [2.45, 2.75) is 19.9 Å². The highest BCUT2D eigenvalue weighted by molar-refractivity contribution is 6.35. The van der Waals surface area contributed by atoms with Gasteiger partial charge in [0.25, 0.3) is 5.56 Å². The highest BCUT2D eigenvalue weighted by atomic mass is 35.5. The molecule has 0 radical (unpaired) electrons. The highest BCUT2D eigenvalue weighted by Crippen LogP contribution is 2.21. The first kappa shape index (κ1) is 12.1. The third-order valence-electron chi connectivity index (χ3n) is 2.86. The summed E-state index contributed by atoms with van der Waals surface area (Å²) in [5.74, 6) is 0. The Hall–Kier alpha value is -1.32. The number of fused-ring (bicyclic) bond motifs is 1. The predicted octanol–water partition coefficient (Wildman–Crippen LogP) is 2.21. The molecule has 0 saturated heterocycles. The number of pyridine rings is 1. The lowest BCUT2D eigenvalue weighted by Gasteiger charge is -2.12. The number of hydrogen-bond acceptors (Lipinski definition) is 2. The van der Waals surface area contributed by atoms with Crippen LogP contribution < -0.4 is 5.56 Å². The first-order chi connectivity index (χ1) is 8.19. The fraction of sp³-hybridized carbons (Fsp3) is 0.308. The SMILES string of the molecule is CCc1cc2cccc(Cl)c2c(=O)n1CCO. The standard InChI is InChI=1S/C13H14ClNO2/c1-2-10-8-9-4-3-5-11(14)12(9)13(17)15(10)6-7-16/h3-5,8,16H,2,6-7H2,1H3. The van der Waals surface area contributed by atoms with Crippen LogP contribution in [0.25, 0.3) is 10.8 Å². The van der Waals surface area contributed by atoms with E-state index in [1.165, 1.54) is 0 Å². The van der Waals surface area contributed by atoms with Crippen molar-refractivity contribution in [1.82, 2.24) is 4.57 Å². The number of hydrogen-bond donors (Lipinski definition) is 1. The smallest absolute Gasteiger partial charge is 0.260 e. The summed E-state index contributed by atoms with van der Waals surface area (Å²) in [5.41, 5.74) is 0.790. The number of aryl methyl sites for hydroxylation is 1. The van der Waals surface area contributed by atoms with E-state index in [4.69, 9.17) is 16.7 Å². The molecule has 0 aliphatic carbocycles. The number of rotatable bonds is 3. The Morgan fingerprint density at radius 2 is 2.18 bits per heavy atom. The number of aromatic nitrogens is 1. The van der Waals surface area contributed by atoms with Gasteiger partial charge in [0, 0.05) is 12.2 Å². The van der Waals surface area contributed by atoms with E-state index in [0.29, 0.717) is 17.0 Å². The molecule has 0 aliphatic rings. The Bertz CT molecular complexity index is 604. The van der Waals surface area contributed by atoms with Gasteiger partial charge >= 0.3 is 0 Å². The van der Waals surface area contributed by atoms with Gasteiger partial charge in [0.1, 0.15) is 0 Å². The zero-order valence-electron chi connectivity index (χ0n) is 9.61. The molecule has 0 bridgehead atoms. The molecule has 1 aromatic carbocycles. The molecule has 0 fully saturated rings. The van der Waals surface area contributed by atoms with Crippen LogP contribution in [0.3, 0.4) is 0 Å². The molecule has 2 aromatic rings. The first-order valence-electron chi connectivity index (χ1n) is 5.60. The zero-order valence-corrected chi connectivity index (χ0v) is 10.4. The molecule has 0 atom stereocenters. The van der Waals surface area contributed by atoms with Crippen molar-refractivity contribution in [3.63, 3.8) is 0 Å². The fourth-order valence-corrected chi connectivity index (χ4v) is 2.31. The first-order valence-corrected chi connectivity index (χ1v) is 5.98. The predicted molar refractivity (Wildman–Crippen MR) is 69.7 cm³/mol. The summed E-state index contributed by atoms with van der Waals surface area (Å²) < 4.78 is 1.59. The molecular formula is C13H14ClNO2. The van der Waals surface area contributed by atoms with Gasteiger partial charge in [0.15, 0.2) is 0 Å². The maximum absolute atomic E-state index is 12.3. The third kappa shape index (κ3) is 2.08. The van der Waals surface area contributed by atoms with Gasteiger partial charge in [-0.15, -0.1) is 0 Å². The molecule has 17 heavy (non-hydrogen) atoms. The minimum absolute atomic E-state index is 0.0527. The molecule has 0 saturated carbocycles. The fourth-order valence-electron chi connectivity index (χ4n) is 2.05. The van der Waals surface area contributed by atoms with E-state index in [2.05, 4.69) is 0 Å². The summed E-state index contributed by atoms with van der Waals surface area (Å²) >= 11 is 6.05. The van der Waals surface area contributed by atoms with Gasteiger partial charge in [-0.1, -0.05) is 30.7 Å². The molecule has 1 N–H and O–H groups in total. The van der Waals surface area contributed by atoms with Crippen LogP contribution in [0.5, 0.6) is 0 Å². The summed E-state index contributed by atoms with van der Waals surface area (Å²) in [6, 6.07) is 7.38. The van der Waals surface area contributed by atoms with Crippen molar-refractivity contribution in [3.05, 3.63) is 45.3 Å². The minimum Gasteiger partial charge on any atom is -0.395 e. The van der Waals surface area contributed by atoms with E-state index in [1.807, 2.05) is 25.1 Å². The molecule has 0 aliphatic heterocycles. The van der Waals surface area contributed by atoms with Gasteiger partial charge < -0.3 is 9.67 Å². The highest BCUT2D eigenvalue weighted by Gasteiger charge is 2.10. The van der Waals surface area contributed by atoms with E-state index in [1.54, 1.807) is 10.6 Å². The van der Waals surface area contributed by atoms with Crippen molar-refractivity contribution in [3.8, 4) is 0 Å².